The third-order valence-electron chi connectivity index (χ3n) is 5.05. The maximum absolute atomic E-state index is 11.1. The third kappa shape index (κ3) is 3.12. The van der Waals surface area contributed by atoms with E-state index < -0.39 is 5.97 Å². The minimum atomic E-state index is -0.671. The zero-order chi connectivity index (χ0) is 14.8. The van der Waals surface area contributed by atoms with Crippen molar-refractivity contribution in [3.63, 3.8) is 0 Å². The lowest BCUT2D eigenvalue weighted by atomic mass is 9.93. The molecule has 0 aliphatic carbocycles. The minimum absolute atomic E-state index is 0.229. The number of piperidine rings is 1. The van der Waals surface area contributed by atoms with Gasteiger partial charge in [0.15, 0.2) is 0 Å². The highest BCUT2D eigenvalue weighted by atomic mass is 16.4. The number of rotatable bonds is 4. The van der Waals surface area contributed by atoms with Gasteiger partial charge in [-0.05, 0) is 38.3 Å². The second-order valence-corrected chi connectivity index (χ2v) is 6.45. The van der Waals surface area contributed by atoms with Crippen molar-refractivity contribution in [2.45, 2.75) is 45.6 Å². The third-order valence-corrected chi connectivity index (χ3v) is 5.05. The Hall–Kier alpha value is -1.36. The number of hydrogen-bond acceptors (Lipinski definition) is 3. The molecule has 1 aromatic heterocycles. The zero-order valence-corrected chi connectivity index (χ0v) is 12.8. The van der Waals surface area contributed by atoms with Gasteiger partial charge in [-0.1, -0.05) is 6.92 Å². The first kappa shape index (κ1) is 14.6. The van der Waals surface area contributed by atoms with Gasteiger partial charge in [-0.25, -0.2) is 4.98 Å². The van der Waals surface area contributed by atoms with Crippen molar-refractivity contribution in [3.8, 4) is 0 Å². The highest BCUT2D eigenvalue weighted by molar-refractivity contribution is 5.70. The Balaban J connectivity index is 1.67. The molecule has 5 heteroatoms. The van der Waals surface area contributed by atoms with E-state index in [0.717, 1.165) is 37.4 Å². The molecule has 1 saturated heterocycles. The Kier molecular flexibility index (Phi) is 4.29. The molecule has 0 spiro atoms. The van der Waals surface area contributed by atoms with Crippen molar-refractivity contribution >= 4 is 5.97 Å². The van der Waals surface area contributed by atoms with Crippen LogP contribution in [0, 0.1) is 11.8 Å². The van der Waals surface area contributed by atoms with Gasteiger partial charge in [-0.3, -0.25) is 4.79 Å². The molecule has 0 aromatic carbocycles. The van der Waals surface area contributed by atoms with E-state index in [1.165, 1.54) is 25.9 Å². The number of likely N-dealkylation sites (tertiary alicyclic amines) is 1. The average molecular weight is 291 g/mol. The predicted molar refractivity (Wildman–Crippen MR) is 80.2 cm³/mol. The summed E-state index contributed by atoms with van der Waals surface area (Å²) in [5.74, 6) is 0.960. The molecular formula is C16H25N3O2. The van der Waals surface area contributed by atoms with E-state index in [1.807, 2.05) is 6.20 Å². The smallest absolute Gasteiger partial charge is 0.306 e. The maximum Gasteiger partial charge on any atom is 0.306 e. The van der Waals surface area contributed by atoms with Gasteiger partial charge in [-0.15, -0.1) is 0 Å². The van der Waals surface area contributed by atoms with Crippen molar-refractivity contribution < 1.29 is 9.90 Å². The summed E-state index contributed by atoms with van der Waals surface area (Å²) < 4.78 is 2.27. The highest BCUT2D eigenvalue weighted by Crippen LogP contribution is 2.25. The fourth-order valence-corrected chi connectivity index (χ4v) is 3.77. The van der Waals surface area contributed by atoms with Gasteiger partial charge in [-0.2, -0.15) is 0 Å². The van der Waals surface area contributed by atoms with Crippen LogP contribution in [0.2, 0.25) is 0 Å². The van der Waals surface area contributed by atoms with Gasteiger partial charge in [0.1, 0.15) is 5.82 Å². The molecule has 116 valence electrons. The fraction of sp³-hybridized carbons (Fsp3) is 0.750. The molecule has 5 nitrogen and oxygen atoms in total. The summed E-state index contributed by atoms with van der Waals surface area (Å²) in [7, 11) is 0. The Labute approximate surface area is 126 Å². The van der Waals surface area contributed by atoms with E-state index in [1.54, 1.807) is 0 Å². The van der Waals surface area contributed by atoms with Crippen LogP contribution >= 0.6 is 0 Å². The standard InChI is InChI=1S/C16H25N3O2/c1-2-18-6-3-4-12(11-18)8-15-17-10-14-9-13(16(20)21)5-7-19(14)15/h10,12-13H,2-9,11H2,1H3,(H,20,21). The molecule has 2 aliphatic heterocycles. The second-order valence-electron chi connectivity index (χ2n) is 6.45. The monoisotopic (exact) mass is 291 g/mol. The lowest BCUT2D eigenvalue weighted by Gasteiger charge is -2.32. The van der Waals surface area contributed by atoms with Gasteiger partial charge in [0, 0.05) is 37.8 Å². The molecular weight excluding hydrogens is 266 g/mol. The van der Waals surface area contributed by atoms with Crippen LogP contribution in [0.4, 0.5) is 0 Å². The largest absolute Gasteiger partial charge is 0.481 e. The summed E-state index contributed by atoms with van der Waals surface area (Å²) in [6.07, 6.45) is 6.87. The molecule has 2 atom stereocenters. The van der Waals surface area contributed by atoms with Gasteiger partial charge < -0.3 is 14.6 Å². The maximum atomic E-state index is 11.1. The number of carbonyl (C=O) groups is 1. The molecule has 0 amide bonds. The van der Waals surface area contributed by atoms with Crippen LogP contribution in [0.3, 0.4) is 0 Å². The number of hydrogen-bond donors (Lipinski definition) is 1. The Morgan fingerprint density at radius 1 is 1.43 bits per heavy atom. The highest BCUT2D eigenvalue weighted by Gasteiger charge is 2.27. The lowest BCUT2D eigenvalue weighted by Crippen LogP contribution is -2.36. The number of nitrogens with zero attached hydrogens (tertiary/aromatic N) is 3. The zero-order valence-electron chi connectivity index (χ0n) is 12.8. The summed E-state index contributed by atoms with van der Waals surface area (Å²) >= 11 is 0. The molecule has 1 aromatic rings. The number of imidazole rings is 1. The van der Waals surface area contributed by atoms with Crippen molar-refractivity contribution in [3.05, 3.63) is 17.7 Å². The quantitative estimate of drug-likeness (QED) is 0.919. The summed E-state index contributed by atoms with van der Waals surface area (Å²) in [6.45, 7) is 6.58. The average Bonchev–Trinajstić information content (AvgIpc) is 2.90. The summed E-state index contributed by atoms with van der Waals surface area (Å²) in [5.41, 5.74) is 1.10. The Morgan fingerprint density at radius 2 is 2.29 bits per heavy atom. The first-order valence-corrected chi connectivity index (χ1v) is 8.15. The molecule has 21 heavy (non-hydrogen) atoms. The Morgan fingerprint density at radius 3 is 3.05 bits per heavy atom. The molecule has 2 aliphatic rings. The van der Waals surface area contributed by atoms with E-state index in [4.69, 9.17) is 5.11 Å². The minimum Gasteiger partial charge on any atom is -0.481 e. The number of aliphatic carboxylic acids is 1. The van der Waals surface area contributed by atoms with Gasteiger partial charge in [0.25, 0.3) is 0 Å². The van der Waals surface area contributed by atoms with Crippen LogP contribution in [-0.2, 0) is 24.2 Å². The molecule has 0 bridgehead atoms. The summed E-state index contributed by atoms with van der Waals surface area (Å²) in [4.78, 5) is 18.2. The van der Waals surface area contributed by atoms with Gasteiger partial charge in [0.05, 0.1) is 5.92 Å². The van der Waals surface area contributed by atoms with Crippen LogP contribution in [0.5, 0.6) is 0 Å². The van der Waals surface area contributed by atoms with E-state index in [-0.39, 0.29) is 5.92 Å². The van der Waals surface area contributed by atoms with E-state index in [9.17, 15) is 4.79 Å². The molecule has 1 N–H and O–H groups in total. The summed E-state index contributed by atoms with van der Waals surface area (Å²) in [5, 5.41) is 9.15. The molecule has 0 saturated carbocycles. The van der Waals surface area contributed by atoms with Crippen LogP contribution in [0.1, 0.15) is 37.7 Å². The molecule has 1 fully saturated rings. The predicted octanol–water partition coefficient (Wildman–Crippen LogP) is 1.80. The molecule has 2 unspecified atom stereocenters. The number of fused-ring (bicyclic) bond motifs is 1. The van der Waals surface area contributed by atoms with Crippen LogP contribution in [-0.4, -0.2) is 45.2 Å². The van der Waals surface area contributed by atoms with E-state index in [0.29, 0.717) is 12.3 Å². The van der Waals surface area contributed by atoms with Crippen molar-refractivity contribution in [2.75, 3.05) is 19.6 Å². The Bertz CT molecular complexity index is 512. The molecule has 0 radical (unpaired) electrons. The first-order valence-electron chi connectivity index (χ1n) is 8.15. The first-order chi connectivity index (χ1) is 10.2. The second kappa shape index (κ2) is 6.18. The normalized spacial score (nSPS) is 26.5. The van der Waals surface area contributed by atoms with Gasteiger partial charge >= 0.3 is 5.97 Å². The van der Waals surface area contributed by atoms with Crippen LogP contribution < -0.4 is 0 Å². The van der Waals surface area contributed by atoms with Crippen LogP contribution in [0.25, 0.3) is 0 Å². The van der Waals surface area contributed by atoms with Crippen molar-refractivity contribution in [2.24, 2.45) is 11.8 Å². The van der Waals surface area contributed by atoms with Crippen molar-refractivity contribution in [1.82, 2.24) is 14.5 Å². The van der Waals surface area contributed by atoms with Crippen molar-refractivity contribution in [1.29, 1.82) is 0 Å². The van der Waals surface area contributed by atoms with Crippen LogP contribution in [0.15, 0.2) is 6.20 Å². The van der Waals surface area contributed by atoms with E-state index in [2.05, 4.69) is 21.4 Å². The summed E-state index contributed by atoms with van der Waals surface area (Å²) in [6, 6.07) is 0. The number of aromatic nitrogens is 2. The fourth-order valence-electron chi connectivity index (χ4n) is 3.77. The lowest BCUT2D eigenvalue weighted by molar-refractivity contribution is -0.142. The molecule has 3 heterocycles. The van der Waals surface area contributed by atoms with E-state index >= 15 is 0 Å². The number of carboxylic acids is 1. The van der Waals surface area contributed by atoms with Gasteiger partial charge in [0.2, 0.25) is 0 Å². The topological polar surface area (TPSA) is 58.4 Å². The molecule has 3 rings (SSSR count). The SMILES string of the molecule is CCN1CCCC(Cc2ncc3n2CCC(C(=O)O)C3)C1. The number of carboxylic acid groups (broad SMARTS) is 1.